The molecule has 0 atom stereocenters. The van der Waals surface area contributed by atoms with E-state index in [9.17, 15) is 0 Å². The molecule has 1 aromatic heterocycles. The fourth-order valence-electron chi connectivity index (χ4n) is 2.33. The Hall–Kier alpha value is -2.15. The highest BCUT2D eigenvalue weighted by Crippen LogP contribution is 2.27. The number of benzene rings is 1. The van der Waals surface area contributed by atoms with Gasteiger partial charge in [-0.2, -0.15) is 14.9 Å². The lowest BCUT2D eigenvalue weighted by molar-refractivity contribution is 0.286. The van der Waals surface area contributed by atoms with Crippen molar-refractivity contribution < 1.29 is 9.47 Å². The molecule has 0 unspecified atom stereocenters. The average Bonchev–Trinajstić information content (AvgIpc) is 2.98. The van der Waals surface area contributed by atoms with Gasteiger partial charge in [-0.25, -0.2) is 0 Å². The number of aromatic amines is 1. The zero-order chi connectivity index (χ0) is 18.2. The van der Waals surface area contributed by atoms with Crippen molar-refractivity contribution in [3.05, 3.63) is 34.4 Å². The predicted octanol–water partition coefficient (Wildman–Crippen LogP) is 4.52. The van der Waals surface area contributed by atoms with E-state index in [-0.39, 0.29) is 5.92 Å². The maximum atomic E-state index is 5.80. The lowest BCUT2D eigenvalue weighted by atomic mass is 10.2. The summed E-state index contributed by atoms with van der Waals surface area (Å²) in [6.07, 6.45) is 5.11. The molecule has 0 spiro atoms. The molecule has 1 N–H and O–H groups in total. The largest absolute Gasteiger partial charge is 0.493 e. The normalized spacial score (nSPS) is 11.4. The van der Waals surface area contributed by atoms with Gasteiger partial charge in [0, 0.05) is 5.92 Å². The number of ether oxygens (including phenoxy) is 2. The van der Waals surface area contributed by atoms with Crippen LogP contribution in [0.4, 0.5) is 0 Å². The number of rotatable bonds is 9. The van der Waals surface area contributed by atoms with E-state index in [1.807, 2.05) is 32.0 Å². The molecule has 6 nitrogen and oxygen atoms in total. The third kappa shape index (κ3) is 5.16. The Labute approximate surface area is 153 Å². The summed E-state index contributed by atoms with van der Waals surface area (Å²) >= 11 is 5.23. The maximum Gasteiger partial charge on any atom is 0.216 e. The second-order valence-electron chi connectivity index (χ2n) is 6.06. The molecule has 136 valence electrons. The topological polar surface area (TPSA) is 64.4 Å². The van der Waals surface area contributed by atoms with Crippen LogP contribution in [0.25, 0.3) is 0 Å². The lowest BCUT2D eigenvalue weighted by Crippen LogP contribution is -2.02. The van der Waals surface area contributed by atoms with E-state index >= 15 is 0 Å². The van der Waals surface area contributed by atoms with E-state index in [2.05, 4.69) is 22.2 Å². The summed E-state index contributed by atoms with van der Waals surface area (Å²) in [6, 6.07) is 5.75. The van der Waals surface area contributed by atoms with Crippen LogP contribution in [0.2, 0.25) is 0 Å². The van der Waals surface area contributed by atoms with Crippen LogP contribution < -0.4 is 9.47 Å². The molecule has 2 aromatic rings. The van der Waals surface area contributed by atoms with Gasteiger partial charge in [0.2, 0.25) is 4.77 Å². The van der Waals surface area contributed by atoms with Crippen LogP contribution in [0.15, 0.2) is 23.3 Å². The fraction of sp³-hybridized carbons (Fsp3) is 0.500. The van der Waals surface area contributed by atoms with Gasteiger partial charge < -0.3 is 9.47 Å². The minimum Gasteiger partial charge on any atom is -0.493 e. The van der Waals surface area contributed by atoms with Crippen LogP contribution in [0.1, 0.15) is 57.3 Å². The van der Waals surface area contributed by atoms with E-state index in [0.717, 1.165) is 30.0 Å². The molecule has 1 heterocycles. The van der Waals surface area contributed by atoms with E-state index in [1.54, 1.807) is 18.0 Å². The number of nitrogens with one attached hydrogen (secondary N) is 1. The summed E-state index contributed by atoms with van der Waals surface area (Å²) in [4.78, 5) is 0. The van der Waals surface area contributed by atoms with Crippen LogP contribution in [0.5, 0.6) is 11.5 Å². The van der Waals surface area contributed by atoms with Gasteiger partial charge in [0.15, 0.2) is 17.3 Å². The summed E-state index contributed by atoms with van der Waals surface area (Å²) < 4.78 is 13.3. The molecule has 25 heavy (non-hydrogen) atoms. The highest BCUT2D eigenvalue weighted by molar-refractivity contribution is 7.71. The molecule has 0 aliphatic rings. The summed E-state index contributed by atoms with van der Waals surface area (Å²) in [5, 5.41) is 11.4. The molecule has 0 aliphatic carbocycles. The van der Waals surface area contributed by atoms with Crippen molar-refractivity contribution in [1.29, 1.82) is 0 Å². The maximum absolute atomic E-state index is 5.80. The molecule has 0 radical (unpaired) electrons. The second kappa shape index (κ2) is 9.36. The van der Waals surface area contributed by atoms with Crippen molar-refractivity contribution in [2.45, 2.75) is 46.0 Å². The quantitative estimate of drug-likeness (QED) is 0.404. The molecule has 0 bridgehead atoms. The van der Waals surface area contributed by atoms with Crippen LogP contribution in [0.3, 0.4) is 0 Å². The molecular formula is C18H26N4O2S. The zero-order valence-corrected chi connectivity index (χ0v) is 16.1. The van der Waals surface area contributed by atoms with Gasteiger partial charge in [-0.05, 0) is 42.4 Å². The van der Waals surface area contributed by atoms with Crippen molar-refractivity contribution in [1.82, 2.24) is 14.9 Å². The molecule has 0 amide bonds. The number of methoxy groups -OCH3 is 1. The van der Waals surface area contributed by atoms with Crippen molar-refractivity contribution in [2.75, 3.05) is 13.7 Å². The summed E-state index contributed by atoms with van der Waals surface area (Å²) in [5.74, 6) is 2.46. The second-order valence-corrected chi connectivity index (χ2v) is 6.45. The first-order valence-electron chi connectivity index (χ1n) is 8.59. The molecule has 0 fully saturated rings. The smallest absolute Gasteiger partial charge is 0.216 e. The van der Waals surface area contributed by atoms with E-state index < -0.39 is 0 Å². The van der Waals surface area contributed by atoms with Gasteiger partial charge in [0.05, 0.1) is 19.9 Å². The third-order valence-corrected chi connectivity index (χ3v) is 3.97. The van der Waals surface area contributed by atoms with Crippen molar-refractivity contribution >= 4 is 18.4 Å². The Bertz CT molecular complexity index is 765. The molecule has 1 aromatic carbocycles. The predicted molar refractivity (Wildman–Crippen MR) is 103 cm³/mol. The van der Waals surface area contributed by atoms with Crippen LogP contribution in [0, 0.1) is 4.77 Å². The Morgan fingerprint density at radius 1 is 1.32 bits per heavy atom. The number of H-pyrrole nitrogens is 1. The minimum atomic E-state index is 0.221. The van der Waals surface area contributed by atoms with Gasteiger partial charge in [-0.15, -0.1) is 0 Å². The van der Waals surface area contributed by atoms with E-state index in [0.29, 0.717) is 17.1 Å². The van der Waals surface area contributed by atoms with Crippen LogP contribution in [-0.4, -0.2) is 34.8 Å². The van der Waals surface area contributed by atoms with Crippen molar-refractivity contribution in [2.24, 2.45) is 5.10 Å². The Morgan fingerprint density at radius 2 is 2.12 bits per heavy atom. The molecular weight excluding hydrogens is 336 g/mol. The van der Waals surface area contributed by atoms with Crippen molar-refractivity contribution in [3.63, 3.8) is 0 Å². The number of hydrogen-bond acceptors (Lipinski definition) is 5. The first-order chi connectivity index (χ1) is 12.1. The molecule has 0 aliphatic heterocycles. The van der Waals surface area contributed by atoms with Gasteiger partial charge in [0.25, 0.3) is 0 Å². The van der Waals surface area contributed by atoms with Gasteiger partial charge >= 0.3 is 0 Å². The first kappa shape index (κ1) is 19.2. The van der Waals surface area contributed by atoms with E-state index in [1.165, 1.54) is 6.42 Å². The average molecular weight is 362 g/mol. The first-order valence-corrected chi connectivity index (χ1v) is 9.00. The van der Waals surface area contributed by atoms with Gasteiger partial charge in [-0.3, -0.25) is 5.10 Å². The van der Waals surface area contributed by atoms with Crippen molar-refractivity contribution in [3.8, 4) is 11.5 Å². The highest BCUT2D eigenvalue weighted by atomic mass is 32.1. The number of hydrogen-bond donors (Lipinski definition) is 1. The fourth-order valence-corrected chi connectivity index (χ4v) is 2.52. The lowest BCUT2D eigenvalue weighted by Gasteiger charge is -2.11. The van der Waals surface area contributed by atoms with Gasteiger partial charge in [0.1, 0.15) is 0 Å². The molecule has 0 saturated carbocycles. The summed E-state index contributed by atoms with van der Waals surface area (Å²) in [6.45, 7) is 6.96. The number of nitrogens with zero attached hydrogens (tertiary/aromatic N) is 3. The number of aromatic nitrogens is 3. The Morgan fingerprint density at radius 3 is 2.80 bits per heavy atom. The van der Waals surface area contributed by atoms with Crippen LogP contribution in [-0.2, 0) is 0 Å². The number of unbranched alkanes of at least 4 members (excludes halogenated alkanes) is 2. The zero-order valence-electron chi connectivity index (χ0n) is 15.3. The monoisotopic (exact) mass is 362 g/mol. The SMILES string of the molecule is CCCCCOc1ccc(/C=N\n2c(C(C)C)n[nH]c2=S)cc1OC. The summed E-state index contributed by atoms with van der Waals surface area (Å²) in [5.41, 5.74) is 0.899. The Balaban J connectivity index is 2.15. The highest BCUT2D eigenvalue weighted by Gasteiger charge is 2.09. The standard InChI is InChI=1S/C18H26N4O2S/c1-5-6-7-10-24-15-9-8-14(11-16(15)23-4)12-19-22-17(13(2)3)20-21-18(22)25/h8-9,11-13H,5-7,10H2,1-4H3,(H,21,25)/b19-12-. The minimum absolute atomic E-state index is 0.221. The molecule has 2 rings (SSSR count). The molecule has 7 heteroatoms. The Kier molecular flexibility index (Phi) is 7.18. The van der Waals surface area contributed by atoms with Crippen LogP contribution >= 0.6 is 12.2 Å². The third-order valence-electron chi connectivity index (χ3n) is 3.71. The summed E-state index contributed by atoms with van der Waals surface area (Å²) in [7, 11) is 1.64. The molecule has 0 saturated heterocycles. The van der Waals surface area contributed by atoms with Gasteiger partial charge in [-0.1, -0.05) is 33.6 Å². The van der Waals surface area contributed by atoms with E-state index in [4.69, 9.17) is 21.7 Å².